The Morgan fingerprint density at radius 3 is 2.00 bits per heavy atom. The van der Waals surface area contributed by atoms with Gasteiger partial charge in [0.15, 0.2) is 0 Å². The van der Waals surface area contributed by atoms with Gasteiger partial charge in [0.25, 0.3) is 0 Å². The topological polar surface area (TPSA) is 6.48 Å². The Hall–Kier alpha value is -0.522. The van der Waals surface area contributed by atoms with Crippen molar-refractivity contribution in [3.63, 3.8) is 0 Å². The van der Waals surface area contributed by atoms with E-state index in [-0.39, 0.29) is 0 Å². The summed E-state index contributed by atoms with van der Waals surface area (Å²) in [5, 5.41) is 0. The van der Waals surface area contributed by atoms with Crippen molar-refractivity contribution in [3.8, 4) is 0 Å². The van der Waals surface area contributed by atoms with E-state index < -0.39 is 19.5 Å². The van der Waals surface area contributed by atoms with Crippen molar-refractivity contribution in [3.05, 3.63) is 25.2 Å². The third kappa shape index (κ3) is 15.5. The summed E-state index contributed by atoms with van der Waals surface area (Å²) in [6.45, 7) is 8.06. The van der Waals surface area contributed by atoms with Crippen LogP contribution in [-0.2, 0) is 0 Å². The second-order valence-corrected chi connectivity index (χ2v) is 9.23. The molecule has 0 saturated heterocycles. The molecule has 0 atom stereocenters. The Kier molecular flexibility index (Phi) is 5.08. The van der Waals surface area contributed by atoms with Gasteiger partial charge < -0.3 is 9.80 Å². The summed E-state index contributed by atoms with van der Waals surface area (Å²) in [4.78, 5) is 4.38. The van der Waals surface area contributed by atoms with Crippen LogP contribution in [0.2, 0.25) is 0 Å². The van der Waals surface area contributed by atoms with E-state index in [0.717, 1.165) is 13.2 Å². The van der Waals surface area contributed by atoms with Gasteiger partial charge in [0.2, 0.25) is 0 Å². The molecule has 0 bridgehead atoms. The summed E-state index contributed by atoms with van der Waals surface area (Å²) >= 11 is -11.2. The third-order valence-electron chi connectivity index (χ3n) is 1.85. The first-order valence-electron chi connectivity index (χ1n) is 5.19. The van der Waals surface area contributed by atoms with Crippen molar-refractivity contribution in [2.24, 2.45) is 0 Å². The Labute approximate surface area is 104 Å². The molecule has 0 radical (unpaired) electrons. The van der Waals surface area contributed by atoms with Crippen LogP contribution in [0.5, 0.6) is 0 Å². The molecule has 0 aromatic carbocycles. The van der Waals surface area contributed by atoms with Gasteiger partial charge in [-0.3, -0.25) is 0 Å². The van der Waals surface area contributed by atoms with Crippen molar-refractivity contribution in [1.82, 2.24) is 9.80 Å². The Morgan fingerprint density at radius 2 is 1.67 bits per heavy atom. The van der Waals surface area contributed by atoms with Gasteiger partial charge in [-0.15, -0.1) is 0 Å². The predicted molar refractivity (Wildman–Crippen MR) is 60.1 cm³/mol. The number of halogens is 6. The normalized spacial score (nSPS) is 18.8. The fourth-order valence-corrected chi connectivity index (χ4v) is 1.11. The molecule has 0 unspecified atom stereocenters. The van der Waals surface area contributed by atoms with Gasteiger partial charge >= 0.3 is 36.4 Å². The van der Waals surface area contributed by atoms with Crippen LogP contribution < -0.4 is 0 Å². The molecular weight excluding hydrogens is 372 g/mol. The summed E-state index contributed by atoms with van der Waals surface area (Å²) in [6.07, 6.45) is 8.57. The molecule has 0 aromatic rings. The van der Waals surface area contributed by atoms with E-state index >= 15 is 0 Å². The Morgan fingerprint density at radius 1 is 1.17 bits per heavy atom. The monoisotopic (exact) mass is 387 g/mol. The summed E-state index contributed by atoms with van der Waals surface area (Å²) in [5.74, 6) is 0. The van der Waals surface area contributed by atoms with Crippen LogP contribution in [0.1, 0.15) is 19.8 Å². The minimum atomic E-state index is -11.2. The summed E-state index contributed by atoms with van der Waals surface area (Å²) in [5.41, 5.74) is 0. The van der Waals surface area contributed by atoms with Crippen molar-refractivity contribution in [2.45, 2.75) is 19.8 Å². The van der Waals surface area contributed by atoms with Gasteiger partial charge in [-0.2, -0.15) is 0 Å². The average molecular weight is 388 g/mol. The fraction of sp³-hybridized carbons (Fsp3) is 0.556. The zero-order chi connectivity index (χ0) is 14.5. The summed E-state index contributed by atoms with van der Waals surface area (Å²) in [7, 11) is 0. The molecule has 1 heterocycles. The second-order valence-electron chi connectivity index (χ2n) is 3.76. The van der Waals surface area contributed by atoms with Gasteiger partial charge in [-0.05, 0) is 12.6 Å². The molecule has 0 saturated carbocycles. The van der Waals surface area contributed by atoms with Crippen LogP contribution in [0.4, 0.5) is 16.9 Å². The molecule has 9 heteroatoms. The first kappa shape index (κ1) is 17.5. The van der Waals surface area contributed by atoms with Gasteiger partial charge in [0.05, 0.1) is 6.67 Å². The molecule has 0 spiro atoms. The zero-order valence-electron chi connectivity index (χ0n) is 9.88. The standard InChI is InChI=1S/C9H16N2.6FH.Sb/c1-3-5-6-11-8-7-10(4-2)9-11;;;;;;;/h4,7-8H,2-3,5-6,9H2,1H3;6*1H;/q;;;;;;;+5/p-6. The molecule has 1 rings (SSSR count). The van der Waals surface area contributed by atoms with E-state index in [1.54, 1.807) is 0 Å². The first-order chi connectivity index (χ1) is 7.81. The molecule has 0 fully saturated rings. The van der Waals surface area contributed by atoms with E-state index in [2.05, 4.69) is 35.7 Å². The number of nitrogens with zero attached hydrogens (tertiary/aromatic N) is 2. The maximum absolute atomic E-state index is 11.2. The number of rotatable bonds is 4. The van der Waals surface area contributed by atoms with E-state index in [1.807, 2.05) is 6.20 Å². The average Bonchev–Trinajstić information content (AvgIpc) is 2.57. The van der Waals surface area contributed by atoms with Crippen LogP contribution >= 0.6 is 0 Å². The van der Waals surface area contributed by atoms with E-state index in [0.29, 0.717) is 0 Å². The van der Waals surface area contributed by atoms with Gasteiger partial charge in [-0.1, -0.05) is 19.9 Å². The quantitative estimate of drug-likeness (QED) is 0.529. The molecule has 0 N–H and O–H groups in total. The summed E-state index contributed by atoms with van der Waals surface area (Å²) in [6, 6.07) is 0. The first-order valence-corrected chi connectivity index (χ1v) is 11.0. The second kappa shape index (κ2) is 5.23. The van der Waals surface area contributed by atoms with Gasteiger partial charge in [0.1, 0.15) is 0 Å². The molecule has 0 aromatic heterocycles. The van der Waals surface area contributed by atoms with Crippen LogP contribution in [-0.4, -0.2) is 42.5 Å². The Bertz CT molecular complexity index is 297. The van der Waals surface area contributed by atoms with Crippen LogP contribution in [0.3, 0.4) is 0 Å². The molecule has 1 aliphatic heterocycles. The van der Waals surface area contributed by atoms with E-state index in [4.69, 9.17) is 0 Å². The molecule has 0 aliphatic carbocycles. The number of unbranched alkanes of at least 4 members (excludes halogenated alkanes) is 1. The van der Waals surface area contributed by atoms with Crippen LogP contribution in [0, 0.1) is 0 Å². The van der Waals surface area contributed by atoms with Gasteiger partial charge in [0, 0.05) is 18.9 Å². The van der Waals surface area contributed by atoms with Crippen molar-refractivity contribution < 1.29 is 16.9 Å². The van der Waals surface area contributed by atoms with E-state index in [9.17, 15) is 16.9 Å². The van der Waals surface area contributed by atoms with Crippen molar-refractivity contribution in [2.75, 3.05) is 13.2 Å². The molecule has 0 amide bonds. The maximum atomic E-state index is 9.93. The predicted octanol–water partition coefficient (Wildman–Crippen LogP) is 4.12. The summed E-state index contributed by atoms with van der Waals surface area (Å²) < 4.78 is 59.6. The third-order valence-corrected chi connectivity index (χ3v) is 1.85. The zero-order valence-corrected chi connectivity index (χ0v) is 12.4. The molecule has 2 nitrogen and oxygen atoms in total. The van der Waals surface area contributed by atoms with Crippen molar-refractivity contribution >= 4 is 19.5 Å². The molecular formula is C9H16F6N2Sb-. The molecule has 110 valence electrons. The molecule has 1 aliphatic rings. The van der Waals surface area contributed by atoms with Crippen LogP contribution in [0.25, 0.3) is 0 Å². The number of hydrogen-bond donors (Lipinski definition) is 0. The van der Waals surface area contributed by atoms with Crippen LogP contribution in [0.15, 0.2) is 25.2 Å². The Balaban J connectivity index is 0.000000360. The minimum absolute atomic E-state index is 0.976. The molecule has 18 heavy (non-hydrogen) atoms. The van der Waals surface area contributed by atoms with E-state index in [1.165, 1.54) is 12.8 Å². The fourth-order valence-electron chi connectivity index (χ4n) is 1.11. The van der Waals surface area contributed by atoms with Gasteiger partial charge in [-0.25, -0.2) is 0 Å². The number of hydrogen-bond acceptors (Lipinski definition) is 2. The van der Waals surface area contributed by atoms with Crippen molar-refractivity contribution in [1.29, 1.82) is 0 Å². The SMILES string of the molecule is C=CN1C=CN(CCCC)C1.[F][Sb-]([F])([F])([F])([F])[F].